The van der Waals surface area contributed by atoms with Crippen molar-refractivity contribution in [3.63, 3.8) is 0 Å². The van der Waals surface area contributed by atoms with Gasteiger partial charge in [0.15, 0.2) is 0 Å². The van der Waals surface area contributed by atoms with Crippen LogP contribution in [0.4, 0.5) is 0 Å². The van der Waals surface area contributed by atoms with Gasteiger partial charge in [0.05, 0.1) is 11.0 Å². The minimum Gasteiger partial charge on any atom is -0.345 e. The molecule has 1 amide bonds. The number of amides is 1. The van der Waals surface area contributed by atoms with E-state index in [2.05, 4.69) is 44.0 Å². The van der Waals surface area contributed by atoms with E-state index in [1.165, 1.54) is 6.39 Å². The molecule has 0 unspecified atom stereocenters. The third-order valence-corrected chi connectivity index (χ3v) is 6.45. The Morgan fingerprint density at radius 2 is 2.09 bits per heavy atom. The molecule has 32 heavy (non-hydrogen) atoms. The minimum absolute atomic E-state index is 0.347. The van der Waals surface area contributed by atoms with Crippen LogP contribution in [0, 0.1) is 5.92 Å². The molecule has 2 aliphatic heterocycles. The molecule has 9 heteroatoms. The highest BCUT2D eigenvalue weighted by Gasteiger charge is 2.27. The predicted molar refractivity (Wildman–Crippen MR) is 126 cm³/mol. The summed E-state index contributed by atoms with van der Waals surface area (Å²) in [5, 5.41) is 7.41. The first kappa shape index (κ1) is 22.0. The summed E-state index contributed by atoms with van der Waals surface area (Å²) in [7, 11) is 1.98. The topological polar surface area (TPSA) is 86.9 Å². The van der Waals surface area contributed by atoms with Gasteiger partial charge in [0.1, 0.15) is 11.7 Å². The summed E-state index contributed by atoms with van der Waals surface area (Å²) >= 11 is 3.60. The molecule has 0 atom stereocenters. The van der Waals surface area contributed by atoms with Gasteiger partial charge in [-0.1, -0.05) is 42.1 Å². The van der Waals surface area contributed by atoms with E-state index in [4.69, 9.17) is 9.52 Å². The molecule has 2 aromatic rings. The number of carbonyl (C=O) groups is 1. The minimum atomic E-state index is 0.347. The Balaban J connectivity index is 1.56. The first-order valence-electron chi connectivity index (χ1n) is 10.4. The number of hydrogen-bond acceptors (Lipinski definition) is 6. The van der Waals surface area contributed by atoms with E-state index in [1.54, 1.807) is 6.08 Å². The maximum absolute atomic E-state index is 11.1. The van der Waals surface area contributed by atoms with Gasteiger partial charge < -0.3 is 19.6 Å². The summed E-state index contributed by atoms with van der Waals surface area (Å²) in [4.78, 5) is 23.9. The number of rotatable bonds is 6. The van der Waals surface area contributed by atoms with Crippen LogP contribution < -0.4 is 5.32 Å². The average Bonchev–Trinajstić information content (AvgIpc) is 3.38. The van der Waals surface area contributed by atoms with E-state index >= 15 is 0 Å². The van der Waals surface area contributed by atoms with Gasteiger partial charge in [0, 0.05) is 43.4 Å². The monoisotopic (exact) mass is 496 g/mol. The van der Waals surface area contributed by atoms with E-state index in [1.807, 2.05) is 41.1 Å². The zero-order valence-electron chi connectivity index (χ0n) is 17.9. The number of likely N-dealkylation sites (N-methyl/N-ethyl adjacent to an activating group) is 1. The highest BCUT2D eigenvalue weighted by atomic mass is 79.9. The van der Waals surface area contributed by atoms with E-state index in [0.29, 0.717) is 18.3 Å². The molecule has 1 aromatic heterocycles. The number of nitrogens with zero attached hydrogens (tertiary/aromatic N) is 5. The van der Waals surface area contributed by atoms with Crippen LogP contribution in [-0.2, 0) is 11.3 Å². The Labute approximate surface area is 195 Å². The van der Waals surface area contributed by atoms with Crippen molar-refractivity contribution >= 4 is 28.2 Å². The van der Waals surface area contributed by atoms with Crippen molar-refractivity contribution < 1.29 is 9.32 Å². The number of piperidine rings is 1. The van der Waals surface area contributed by atoms with Crippen LogP contribution >= 0.6 is 15.9 Å². The molecule has 8 nitrogen and oxygen atoms in total. The van der Waals surface area contributed by atoms with Gasteiger partial charge in [0.2, 0.25) is 18.6 Å². The molecule has 4 rings (SSSR count). The SMILES string of the molecule is C=C/C(Br)=C1/NC(C2CCN(C=O)CC2)=CC(=NCc2ccc(-c3ncon3)cc2)N1C. The van der Waals surface area contributed by atoms with Crippen molar-refractivity contribution in [1.29, 1.82) is 0 Å². The van der Waals surface area contributed by atoms with Gasteiger partial charge in [0.25, 0.3) is 0 Å². The first-order valence-corrected chi connectivity index (χ1v) is 11.2. The van der Waals surface area contributed by atoms with Gasteiger partial charge >= 0.3 is 0 Å². The molecule has 1 saturated heterocycles. The van der Waals surface area contributed by atoms with Crippen molar-refractivity contribution in [3.8, 4) is 11.4 Å². The molecular weight excluding hydrogens is 472 g/mol. The molecular formula is C23H25BrN6O2. The van der Waals surface area contributed by atoms with E-state index in [-0.39, 0.29) is 0 Å². The molecule has 0 bridgehead atoms. The van der Waals surface area contributed by atoms with Gasteiger partial charge in [-0.25, -0.2) is 0 Å². The van der Waals surface area contributed by atoms with Crippen LogP contribution in [0.25, 0.3) is 11.4 Å². The Morgan fingerprint density at radius 3 is 2.72 bits per heavy atom. The third-order valence-electron chi connectivity index (χ3n) is 5.75. The lowest BCUT2D eigenvalue weighted by molar-refractivity contribution is -0.119. The number of halogens is 1. The number of hydrogen-bond donors (Lipinski definition) is 1. The Hall–Kier alpha value is -3.20. The number of nitrogens with one attached hydrogen (secondary N) is 1. The fraction of sp³-hybridized carbons (Fsp3) is 0.304. The smallest absolute Gasteiger partial charge is 0.214 e. The summed E-state index contributed by atoms with van der Waals surface area (Å²) in [6.07, 6.45) is 7.98. The Morgan fingerprint density at radius 1 is 1.34 bits per heavy atom. The van der Waals surface area contributed by atoms with E-state index in [9.17, 15) is 4.79 Å². The number of allylic oxidation sites excluding steroid dienone is 3. The fourth-order valence-electron chi connectivity index (χ4n) is 3.84. The molecule has 0 saturated carbocycles. The summed E-state index contributed by atoms with van der Waals surface area (Å²) in [5.74, 6) is 2.69. The van der Waals surface area contributed by atoms with Crippen molar-refractivity contribution in [3.05, 3.63) is 71.0 Å². The average molecular weight is 497 g/mol. The van der Waals surface area contributed by atoms with Crippen LogP contribution in [0.3, 0.4) is 0 Å². The van der Waals surface area contributed by atoms with Crippen molar-refractivity contribution in [2.45, 2.75) is 19.4 Å². The van der Waals surface area contributed by atoms with Crippen molar-refractivity contribution in [1.82, 2.24) is 25.3 Å². The van der Waals surface area contributed by atoms with Crippen LogP contribution in [0.2, 0.25) is 0 Å². The largest absolute Gasteiger partial charge is 0.345 e. The number of aliphatic imine (C=N–C) groups is 1. The number of carbonyl (C=O) groups excluding carboxylic acids is 1. The quantitative estimate of drug-likeness (QED) is 0.613. The molecule has 0 aliphatic carbocycles. The van der Waals surface area contributed by atoms with Crippen LogP contribution in [0.1, 0.15) is 18.4 Å². The number of amidine groups is 1. The van der Waals surface area contributed by atoms with E-state index < -0.39 is 0 Å². The van der Waals surface area contributed by atoms with Crippen LogP contribution in [0.5, 0.6) is 0 Å². The standard InChI is InChI=1S/C23H25BrN6O2/c1-3-19(24)23-27-20(17-8-10-30(15-31)11-9-17)12-21(29(23)2)25-13-16-4-6-18(7-5-16)22-26-14-32-28-22/h3-7,12,14-15,17,27H,1,8-11,13H2,2H3/b23-19+,25-21?. The maximum atomic E-state index is 11.1. The predicted octanol–water partition coefficient (Wildman–Crippen LogP) is 3.67. The van der Waals surface area contributed by atoms with Gasteiger partial charge in [-0.05, 0) is 34.3 Å². The summed E-state index contributed by atoms with van der Waals surface area (Å²) in [5.41, 5.74) is 3.10. The highest BCUT2D eigenvalue weighted by Crippen LogP contribution is 2.28. The molecule has 1 N–H and O–H groups in total. The summed E-state index contributed by atoms with van der Waals surface area (Å²) in [6, 6.07) is 7.97. The normalized spacial score (nSPS) is 20.1. The van der Waals surface area contributed by atoms with Gasteiger partial charge in [-0.2, -0.15) is 4.98 Å². The number of aromatic nitrogens is 2. The highest BCUT2D eigenvalue weighted by molar-refractivity contribution is 9.11. The van der Waals surface area contributed by atoms with Crippen LogP contribution in [-0.4, -0.2) is 52.3 Å². The molecule has 1 aromatic carbocycles. The maximum Gasteiger partial charge on any atom is 0.214 e. The molecule has 1 fully saturated rings. The van der Waals surface area contributed by atoms with Gasteiger partial charge in [-0.3, -0.25) is 9.79 Å². The Bertz CT molecular complexity index is 1050. The second-order valence-corrected chi connectivity index (χ2v) is 8.58. The molecule has 166 valence electrons. The molecule has 0 radical (unpaired) electrons. The summed E-state index contributed by atoms with van der Waals surface area (Å²) < 4.78 is 5.68. The van der Waals surface area contributed by atoms with Crippen molar-refractivity contribution in [2.75, 3.05) is 20.1 Å². The number of benzene rings is 1. The summed E-state index contributed by atoms with van der Waals surface area (Å²) in [6.45, 7) is 5.96. The first-order chi connectivity index (χ1) is 15.6. The second kappa shape index (κ2) is 9.95. The molecule has 3 heterocycles. The second-order valence-electron chi connectivity index (χ2n) is 7.73. The number of likely N-dealkylation sites (tertiary alicyclic amines) is 1. The lowest BCUT2D eigenvalue weighted by Crippen LogP contribution is -2.42. The Kier molecular flexibility index (Phi) is 6.84. The zero-order chi connectivity index (χ0) is 22.5. The van der Waals surface area contributed by atoms with Crippen LogP contribution in [0.15, 0.2) is 74.9 Å². The van der Waals surface area contributed by atoms with Gasteiger partial charge in [-0.15, -0.1) is 0 Å². The van der Waals surface area contributed by atoms with E-state index in [0.717, 1.165) is 65.3 Å². The zero-order valence-corrected chi connectivity index (χ0v) is 19.5. The lowest BCUT2D eigenvalue weighted by atomic mass is 9.92. The lowest BCUT2D eigenvalue weighted by Gasteiger charge is -2.36. The third kappa shape index (κ3) is 4.83. The fourth-order valence-corrected chi connectivity index (χ4v) is 4.21. The molecule has 2 aliphatic rings. The van der Waals surface area contributed by atoms with Crippen molar-refractivity contribution in [2.24, 2.45) is 10.9 Å². The molecule has 0 spiro atoms.